The van der Waals surface area contributed by atoms with Crippen LogP contribution in [0.4, 0.5) is 5.69 Å². The number of hydrogen-bond acceptors (Lipinski definition) is 4. The fourth-order valence-corrected chi connectivity index (χ4v) is 2.08. The molecule has 0 spiro atoms. The van der Waals surface area contributed by atoms with Gasteiger partial charge in [-0.05, 0) is 13.8 Å². The summed E-state index contributed by atoms with van der Waals surface area (Å²) in [7, 11) is 3.32. The van der Waals surface area contributed by atoms with Gasteiger partial charge in [-0.15, -0.1) is 0 Å². The van der Waals surface area contributed by atoms with Crippen LogP contribution in [0.5, 0.6) is 11.5 Å². The number of hydrogen-bond donors (Lipinski definition) is 1. The summed E-state index contributed by atoms with van der Waals surface area (Å²) >= 11 is 0. The molecule has 0 amide bonds. The zero-order chi connectivity index (χ0) is 14.5. The first kappa shape index (κ1) is 14.2. The van der Waals surface area contributed by atoms with Crippen LogP contribution in [0.2, 0.25) is 0 Å². The van der Waals surface area contributed by atoms with Crippen LogP contribution in [-0.4, -0.2) is 30.2 Å². The van der Waals surface area contributed by atoms with Crippen LogP contribution in [-0.2, 0) is 6.54 Å². The summed E-state index contributed by atoms with van der Waals surface area (Å²) in [5.74, 6) is 1.57. The van der Waals surface area contributed by atoms with Crippen LogP contribution < -0.4 is 14.4 Å². The Kier molecular flexibility index (Phi) is 4.50. The number of methoxy groups -OCH3 is 2. The zero-order valence-electron chi connectivity index (χ0n) is 12.4. The Morgan fingerprint density at radius 2 is 1.80 bits per heavy atom. The predicted molar refractivity (Wildman–Crippen MR) is 79.5 cm³/mol. The summed E-state index contributed by atoms with van der Waals surface area (Å²) in [5, 5.41) is 0. The van der Waals surface area contributed by atoms with Gasteiger partial charge in [-0.1, -0.05) is 0 Å². The van der Waals surface area contributed by atoms with Gasteiger partial charge in [0.25, 0.3) is 0 Å². The van der Waals surface area contributed by atoms with Crippen molar-refractivity contribution in [1.29, 1.82) is 0 Å². The standard InChI is InChI=1S/C15H21N3O2/c1-11(2)18(9-12-8-16-10-17-12)13-5-14(19-3)7-15(6-13)20-4/h5-8,10-11H,9H2,1-4H3,(H,16,17). The first-order valence-corrected chi connectivity index (χ1v) is 6.61. The molecular weight excluding hydrogens is 254 g/mol. The molecule has 0 saturated carbocycles. The molecule has 5 heteroatoms. The van der Waals surface area contributed by atoms with E-state index in [4.69, 9.17) is 9.47 Å². The topological polar surface area (TPSA) is 50.4 Å². The number of nitrogens with zero attached hydrogens (tertiary/aromatic N) is 2. The van der Waals surface area contributed by atoms with Crippen molar-refractivity contribution in [3.63, 3.8) is 0 Å². The van der Waals surface area contributed by atoms with Crippen molar-refractivity contribution in [1.82, 2.24) is 9.97 Å². The Labute approximate surface area is 119 Å². The molecule has 1 aromatic carbocycles. The largest absolute Gasteiger partial charge is 0.497 e. The number of imidazole rings is 1. The highest BCUT2D eigenvalue weighted by Crippen LogP contribution is 2.30. The molecule has 0 fully saturated rings. The van der Waals surface area contributed by atoms with Crippen molar-refractivity contribution < 1.29 is 9.47 Å². The number of anilines is 1. The van der Waals surface area contributed by atoms with Gasteiger partial charge in [-0.25, -0.2) is 4.98 Å². The number of benzene rings is 1. The van der Waals surface area contributed by atoms with Gasteiger partial charge in [0.15, 0.2) is 0 Å². The van der Waals surface area contributed by atoms with Crippen molar-refractivity contribution in [3.8, 4) is 11.5 Å². The third-order valence-corrected chi connectivity index (χ3v) is 3.19. The van der Waals surface area contributed by atoms with E-state index < -0.39 is 0 Å². The minimum absolute atomic E-state index is 0.343. The molecule has 1 N–H and O–H groups in total. The Morgan fingerprint density at radius 1 is 1.15 bits per heavy atom. The highest BCUT2D eigenvalue weighted by atomic mass is 16.5. The molecule has 1 heterocycles. The average Bonchev–Trinajstić information content (AvgIpc) is 2.96. The number of nitrogens with one attached hydrogen (secondary N) is 1. The van der Waals surface area contributed by atoms with Gasteiger partial charge >= 0.3 is 0 Å². The Hall–Kier alpha value is -2.17. The first-order chi connectivity index (χ1) is 9.63. The van der Waals surface area contributed by atoms with Crippen LogP contribution in [0.15, 0.2) is 30.7 Å². The molecule has 0 unspecified atom stereocenters. The Balaban J connectivity index is 2.33. The first-order valence-electron chi connectivity index (χ1n) is 6.61. The smallest absolute Gasteiger partial charge is 0.124 e. The van der Waals surface area contributed by atoms with Crippen LogP contribution in [0.3, 0.4) is 0 Å². The van der Waals surface area contributed by atoms with E-state index in [0.29, 0.717) is 6.04 Å². The van der Waals surface area contributed by atoms with Gasteiger partial charge in [-0.3, -0.25) is 0 Å². The summed E-state index contributed by atoms with van der Waals surface area (Å²) in [4.78, 5) is 9.46. The molecule has 0 atom stereocenters. The molecule has 20 heavy (non-hydrogen) atoms. The zero-order valence-corrected chi connectivity index (χ0v) is 12.4. The normalized spacial score (nSPS) is 10.7. The van der Waals surface area contributed by atoms with Crippen molar-refractivity contribution in [2.75, 3.05) is 19.1 Å². The highest BCUT2D eigenvalue weighted by molar-refractivity contribution is 5.56. The van der Waals surface area contributed by atoms with Crippen LogP contribution in [0.1, 0.15) is 19.5 Å². The maximum Gasteiger partial charge on any atom is 0.124 e. The summed E-state index contributed by atoms with van der Waals surface area (Å²) in [6.07, 6.45) is 3.53. The summed E-state index contributed by atoms with van der Waals surface area (Å²) in [5.41, 5.74) is 2.13. The second-order valence-corrected chi connectivity index (χ2v) is 4.87. The lowest BCUT2D eigenvalue weighted by Crippen LogP contribution is -2.30. The Morgan fingerprint density at radius 3 is 2.25 bits per heavy atom. The molecule has 5 nitrogen and oxygen atoms in total. The molecule has 0 radical (unpaired) electrons. The monoisotopic (exact) mass is 275 g/mol. The lowest BCUT2D eigenvalue weighted by atomic mass is 10.2. The molecule has 108 valence electrons. The second kappa shape index (κ2) is 6.32. The van der Waals surface area contributed by atoms with Gasteiger partial charge in [0.05, 0.1) is 32.8 Å². The predicted octanol–water partition coefficient (Wildman–Crippen LogP) is 2.84. The molecule has 0 aliphatic carbocycles. The molecule has 0 aliphatic heterocycles. The maximum absolute atomic E-state index is 5.34. The van der Waals surface area contributed by atoms with Gasteiger partial charge in [0.2, 0.25) is 0 Å². The number of aromatic nitrogens is 2. The molecule has 0 aliphatic rings. The number of ether oxygens (including phenoxy) is 2. The van der Waals surface area contributed by atoms with E-state index in [-0.39, 0.29) is 0 Å². The van der Waals surface area contributed by atoms with Crippen LogP contribution >= 0.6 is 0 Å². The molecule has 0 bridgehead atoms. The van der Waals surface area contributed by atoms with Gasteiger partial charge in [0.1, 0.15) is 11.5 Å². The van der Waals surface area contributed by atoms with E-state index in [0.717, 1.165) is 29.4 Å². The summed E-state index contributed by atoms with van der Waals surface area (Å²) in [6, 6.07) is 6.24. The second-order valence-electron chi connectivity index (χ2n) is 4.87. The molecule has 0 saturated heterocycles. The lowest BCUT2D eigenvalue weighted by Gasteiger charge is -2.29. The fourth-order valence-electron chi connectivity index (χ4n) is 2.08. The quantitative estimate of drug-likeness (QED) is 0.880. The van der Waals surface area contributed by atoms with E-state index in [1.165, 1.54) is 0 Å². The van der Waals surface area contributed by atoms with Gasteiger partial charge in [0, 0.05) is 36.1 Å². The van der Waals surface area contributed by atoms with E-state index in [9.17, 15) is 0 Å². The molecule has 1 aromatic heterocycles. The average molecular weight is 275 g/mol. The van der Waals surface area contributed by atoms with Crippen molar-refractivity contribution in [3.05, 3.63) is 36.4 Å². The van der Waals surface area contributed by atoms with Crippen molar-refractivity contribution in [2.24, 2.45) is 0 Å². The SMILES string of the molecule is COc1cc(OC)cc(N(Cc2cnc[nH]2)C(C)C)c1. The van der Waals surface area contributed by atoms with Crippen LogP contribution in [0.25, 0.3) is 0 Å². The van der Waals surface area contributed by atoms with Gasteiger partial charge in [-0.2, -0.15) is 0 Å². The number of rotatable bonds is 6. The van der Waals surface area contributed by atoms with E-state index in [1.807, 2.05) is 24.4 Å². The minimum Gasteiger partial charge on any atom is -0.497 e. The molecule has 2 aromatic rings. The van der Waals surface area contributed by atoms with Crippen molar-refractivity contribution in [2.45, 2.75) is 26.4 Å². The third kappa shape index (κ3) is 3.23. The minimum atomic E-state index is 0.343. The van der Waals surface area contributed by atoms with Gasteiger partial charge < -0.3 is 19.4 Å². The maximum atomic E-state index is 5.34. The van der Waals surface area contributed by atoms with E-state index in [1.54, 1.807) is 20.5 Å². The molecule has 2 rings (SSSR count). The summed E-state index contributed by atoms with van der Waals surface area (Å²) < 4.78 is 10.7. The van der Waals surface area contributed by atoms with E-state index >= 15 is 0 Å². The summed E-state index contributed by atoms with van der Waals surface area (Å²) in [6.45, 7) is 5.07. The van der Waals surface area contributed by atoms with E-state index in [2.05, 4.69) is 28.7 Å². The van der Waals surface area contributed by atoms with Crippen LogP contribution in [0, 0.1) is 0 Å². The number of aromatic amines is 1. The fraction of sp³-hybridized carbons (Fsp3) is 0.400. The Bertz CT molecular complexity index is 516. The van der Waals surface area contributed by atoms with Crippen molar-refractivity contribution >= 4 is 5.69 Å². The lowest BCUT2D eigenvalue weighted by molar-refractivity contribution is 0.394. The highest BCUT2D eigenvalue weighted by Gasteiger charge is 2.14. The molecular formula is C15H21N3O2. The third-order valence-electron chi connectivity index (χ3n) is 3.19. The number of H-pyrrole nitrogens is 1.